The quantitative estimate of drug-likeness (QED) is 0.791. The standard InChI is InChI=1S/C17H21N5O3/c23-15-9-13(11-20(15)10-12-4-5-12)16(24)18-6-8-22-17(25)21-7-2-1-3-14(21)19-22/h1-3,7,12-13H,4-6,8-11H2,(H,18,24)/t13-/m0/s1. The Bertz CT molecular complexity index is 867. The monoisotopic (exact) mass is 343 g/mol. The maximum Gasteiger partial charge on any atom is 0.350 e. The number of hydrogen-bond donors (Lipinski definition) is 1. The molecule has 2 aromatic rings. The van der Waals surface area contributed by atoms with Crippen LogP contribution in [0, 0.1) is 11.8 Å². The van der Waals surface area contributed by atoms with Gasteiger partial charge in [-0.05, 0) is 30.9 Å². The highest BCUT2D eigenvalue weighted by atomic mass is 16.2. The van der Waals surface area contributed by atoms with E-state index in [2.05, 4.69) is 10.4 Å². The van der Waals surface area contributed by atoms with E-state index in [1.165, 1.54) is 21.9 Å². The van der Waals surface area contributed by atoms with Crippen LogP contribution in [0.25, 0.3) is 5.65 Å². The van der Waals surface area contributed by atoms with Gasteiger partial charge in [-0.3, -0.25) is 14.0 Å². The lowest BCUT2D eigenvalue weighted by atomic mass is 10.1. The first-order chi connectivity index (χ1) is 12.1. The van der Waals surface area contributed by atoms with Crippen molar-refractivity contribution in [2.45, 2.75) is 25.8 Å². The largest absolute Gasteiger partial charge is 0.354 e. The van der Waals surface area contributed by atoms with Crippen molar-refractivity contribution in [1.29, 1.82) is 0 Å². The third-order valence-corrected chi connectivity index (χ3v) is 4.87. The third-order valence-electron chi connectivity index (χ3n) is 4.87. The van der Waals surface area contributed by atoms with E-state index < -0.39 is 0 Å². The molecule has 8 heteroatoms. The van der Waals surface area contributed by atoms with E-state index >= 15 is 0 Å². The van der Waals surface area contributed by atoms with Gasteiger partial charge in [0.1, 0.15) is 0 Å². The first-order valence-corrected chi connectivity index (χ1v) is 8.71. The predicted molar refractivity (Wildman–Crippen MR) is 89.9 cm³/mol. The average molecular weight is 343 g/mol. The number of rotatable bonds is 6. The van der Waals surface area contributed by atoms with Crippen LogP contribution in [0.15, 0.2) is 29.2 Å². The fraction of sp³-hybridized carbons (Fsp3) is 0.529. The molecule has 25 heavy (non-hydrogen) atoms. The highest BCUT2D eigenvalue weighted by Gasteiger charge is 2.36. The van der Waals surface area contributed by atoms with Crippen LogP contribution in [0.3, 0.4) is 0 Å². The minimum atomic E-state index is -0.288. The lowest BCUT2D eigenvalue weighted by Crippen LogP contribution is -2.36. The minimum Gasteiger partial charge on any atom is -0.354 e. The Balaban J connectivity index is 1.30. The van der Waals surface area contributed by atoms with Gasteiger partial charge in [0.15, 0.2) is 5.65 Å². The molecule has 132 valence electrons. The van der Waals surface area contributed by atoms with Gasteiger partial charge in [0, 0.05) is 32.3 Å². The Morgan fingerprint density at radius 3 is 2.88 bits per heavy atom. The molecule has 1 atom stereocenters. The first-order valence-electron chi connectivity index (χ1n) is 8.71. The molecule has 1 N–H and O–H groups in total. The van der Waals surface area contributed by atoms with Gasteiger partial charge < -0.3 is 10.2 Å². The zero-order valence-electron chi connectivity index (χ0n) is 13.9. The maximum atomic E-state index is 12.3. The van der Waals surface area contributed by atoms with Crippen LogP contribution in [-0.4, -0.2) is 50.5 Å². The molecule has 1 saturated heterocycles. The van der Waals surface area contributed by atoms with Crippen LogP contribution in [0.4, 0.5) is 0 Å². The number of fused-ring (bicyclic) bond motifs is 1. The Hall–Kier alpha value is -2.64. The smallest absolute Gasteiger partial charge is 0.350 e. The minimum absolute atomic E-state index is 0.0728. The normalized spacial score (nSPS) is 20.4. The van der Waals surface area contributed by atoms with Crippen LogP contribution in [0.5, 0.6) is 0 Å². The SMILES string of the molecule is O=C(NCCn1nc2ccccn2c1=O)[C@H]1CC(=O)N(CC2CC2)C1. The van der Waals surface area contributed by atoms with E-state index in [-0.39, 0.29) is 29.8 Å². The van der Waals surface area contributed by atoms with Gasteiger partial charge in [-0.25, -0.2) is 9.48 Å². The molecule has 3 heterocycles. The zero-order chi connectivity index (χ0) is 17.4. The summed E-state index contributed by atoms with van der Waals surface area (Å²) in [4.78, 5) is 38.2. The van der Waals surface area contributed by atoms with E-state index in [9.17, 15) is 14.4 Å². The second kappa shape index (κ2) is 6.34. The van der Waals surface area contributed by atoms with Crippen molar-refractivity contribution >= 4 is 17.5 Å². The number of nitrogens with zero attached hydrogens (tertiary/aromatic N) is 4. The van der Waals surface area contributed by atoms with Crippen molar-refractivity contribution in [1.82, 2.24) is 24.4 Å². The number of aromatic nitrogens is 3. The van der Waals surface area contributed by atoms with Crippen molar-refractivity contribution in [2.24, 2.45) is 11.8 Å². The highest BCUT2D eigenvalue weighted by Crippen LogP contribution is 2.31. The number of carbonyl (C=O) groups is 2. The molecule has 0 radical (unpaired) electrons. The lowest BCUT2D eigenvalue weighted by molar-refractivity contribution is -0.129. The number of nitrogens with one attached hydrogen (secondary N) is 1. The topological polar surface area (TPSA) is 88.7 Å². The van der Waals surface area contributed by atoms with Crippen molar-refractivity contribution in [2.75, 3.05) is 19.6 Å². The average Bonchev–Trinajstić information content (AvgIpc) is 3.27. The Morgan fingerprint density at radius 2 is 2.12 bits per heavy atom. The molecule has 4 rings (SSSR count). The second-order valence-corrected chi connectivity index (χ2v) is 6.87. The summed E-state index contributed by atoms with van der Waals surface area (Å²) in [6.07, 6.45) is 4.33. The zero-order valence-corrected chi connectivity index (χ0v) is 13.9. The fourth-order valence-electron chi connectivity index (χ4n) is 3.28. The van der Waals surface area contributed by atoms with Crippen LogP contribution in [0.1, 0.15) is 19.3 Å². The van der Waals surface area contributed by atoms with Gasteiger partial charge in [-0.2, -0.15) is 0 Å². The van der Waals surface area contributed by atoms with Gasteiger partial charge >= 0.3 is 5.69 Å². The number of carbonyl (C=O) groups excluding carboxylic acids is 2. The molecule has 8 nitrogen and oxygen atoms in total. The molecule has 2 fully saturated rings. The fourth-order valence-corrected chi connectivity index (χ4v) is 3.28. The Labute approximate surface area is 144 Å². The molecule has 2 aromatic heterocycles. The van der Waals surface area contributed by atoms with E-state index in [1.807, 2.05) is 11.0 Å². The van der Waals surface area contributed by atoms with Gasteiger partial charge in [-0.15, -0.1) is 5.10 Å². The Kier molecular flexibility index (Phi) is 4.03. The van der Waals surface area contributed by atoms with Crippen LogP contribution >= 0.6 is 0 Å². The third kappa shape index (κ3) is 3.29. The van der Waals surface area contributed by atoms with E-state index in [0.717, 1.165) is 6.54 Å². The molecule has 0 aromatic carbocycles. The van der Waals surface area contributed by atoms with Gasteiger partial charge in [-0.1, -0.05) is 6.07 Å². The van der Waals surface area contributed by atoms with Gasteiger partial charge in [0.25, 0.3) is 0 Å². The summed E-state index contributed by atoms with van der Waals surface area (Å²) in [5, 5.41) is 7.05. The summed E-state index contributed by atoms with van der Waals surface area (Å²) in [6, 6.07) is 5.35. The summed E-state index contributed by atoms with van der Waals surface area (Å²) < 4.78 is 2.81. The van der Waals surface area contributed by atoms with E-state index in [1.54, 1.807) is 18.3 Å². The highest BCUT2D eigenvalue weighted by molar-refractivity contribution is 5.89. The molecule has 1 saturated carbocycles. The Morgan fingerprint density at radius 1 is 1.28 bits per heavy atom. The molecule has 0 bridgehead atoms. The van der Waals surface area contributed by atoms with Crippen LogP contribution < -0.4 is 11.0 Å². The molecule has 2 aliphatic rings. The van der Waals surface area contributed by atoms with Crippen molar-refractivity contribution in [3.05, 3.63) is 34.9 Å². The lowest BCUT2D eigenvalue weighted by Gasteiger charge is -2.15. The summed E-state index contributed by atoms with van der Waals surface area (Å²) in [6.45, 7) is 1.92. The predicted octanol–water partition coefficient (Wildman–Crippen LogP) is -0.129. The molecule has 1 aliphatic heterocycles. The van der Waals surface area contributed by atoms with Crippen LogP contribution in [-0.2, 0) is 16.1 Å². The van der Waals surface area contributed by atoms with E-state index in [4.69, 9.17) is 0 Å². The number of amides is 2. The van der Waals surface area contributed by atoms with Crippen molar-refractivity contribution < 1.29 is 9.59 Å². The number of pyridine rings is 1. The first kappa shape index (κ1) is 15.9. The second-order valence-electron chi connectivity index (χ2n) is 6.87. The summed E-state index contributed by atoms with van der Waals surface area (Å²) in [5.74, 6) is 0.295. The summed E-state index contributed by atoms with van der Waals surface area (Å²) >= 11 is 0. The molecular formula is C17H21N5O3. The summed E-state index contributed by atoms with van der Waals surface area (Å²) in [5.41, 5.74) is 0.354. The van der Waals surface area contributed by atoms with Crippen molar-refractivity contribution in [3.63, 3.8) is 0 Å². The molecule has 0 spiro atoms. The molecular weight excluding hydrogens is 322 g/mol. The van der Waals surface area contributed by atoms with Gasteiger partial charge in [0.2, 0.25) is 11.8 Å². The number of likely N-dealkylation sites (tertiary alicyclic amines) is 1. The molecule has 0 unspecified atom stereocenters. The van der Waals surface area contributed by atoms with E-state index in [0.29, 0.717) is 31.2 Å². The molecule has 1 aliphatic carbocycles. The summed E-state index contributed by atoms with van der Waals surface area (Å²) in [7, 11) is 0. The van der Waals surface area contributed by atoms with Gasteiger partial charge in [0.05, 0.1) is 12.5 Å². The van der Waals surface area contributed by atoms with Crippen molar-refractivity contribution in [3.8, 4) is 0 Å². The molecule has 2 amide bonds. The number of hydrogen-bond acceptors (Lipinski definition) is 4. The van der Waals surface area contributed by atoms with Crippen LogP contribution in [0.2, 0.25) is 0 Å². The maximum absolute atomic E-state index is 12.3.